The van der Waals surface area contributed by atoms with E-state index in [1.807, 2.05) is 6.08 Å². The average molecular weight is 546 g/mol. The van der Waals surface area contributed by atoms with Crippen molar-refractivity contribution in [2.75, 3.05) is 32.9 Å². The number of ether oxygens (including phenoxy) is 3. The SMILES string of the molecule is O=C(CO)N1CC=C(c2ccc(-c3nc4cc(O[C@@H]5COC6[C@H](O)CO[C@@H]65)[nH]c4cc3C(F)(F)F)cc2)CC1. The molecule has 3 aliphatic heterocycles. The van der Waals surface area contributed by atoms with Crippen LogP contribution in [0.2, 0.25) is 0 Å². The zero-order valence-corrected chi connectivity index (χ0v) is 20.6. The fraction of sp³-hybridized carbons (Fsp3) is 0.407. The van der Waals surface area contributed by atoms with Crippen LogP contribution in [0.25, 0.3) is 27.9 Å². The number of halogens is 3. The number of fused-ring (bicyclic) bond motifs is 2. The second-order valence-electron chi connectivity index (χ2n) is 9.82. The summed E-state index contributed by atoms with van der Waals surface area (Å²) < 4.78 is 59.3. The summed E-state index contributed by atoms with van der Waals surface area (Å²) in [4.78, 5) is 20.4. The summed E-state index contributed by atoms with van der Waals surface area (Å²) >= 11 is 0. The van der Waals surface area contributed by atoms with E-state index in [9.17, 15) is 23.1 Å². The molecule has 1 unspecified atom stereocenters. The van der Waals surface area contributed by atoms with Crippen LogP contribution in [0.15, 0.2) is 42.5 Å². The topological polar surface area (TPSA) is 117 Å². The molecule has 3 N–H and O–H groups in total. The molecule has 4 atom stereocenters. The Morgan fingerprint density at radius 1 is 1.13 bits per heavy atom. The maximum atomic E-state index is 14.1. The summed E-state index contributed by atoms with van der Waals surface area (Å²) in [5.41, 5.74) is 1.54. The summed E-state index contributed by atoms with van der Waals surface area (Å²) in [5.74, 6) is -0.109. The van der Waals surface area contributed by atoms with Gasteiger partial charge in [0.05, 0.1) is 35.5 Å². The maximum Gasteiger partial charge on any atom is 0.418 e. The number of rotatable bonds is 5. The van der Waals surface area contributed by atoms with Crippen molar-refractivity contribution in [3.63, 3.8) is 0 Å². The van der Waals surface area contributed by atoms with Gasteiger partial charge in [0.25, 0.3) is 0 Å². The molecule has 0 bridgehead atoms. The molecule has 0 aliphatic carbocycles. The van der Waals surface area contributed by atoms with Gasteiger partial charge < -0.3 is 34.3 Å². The summed E-state index contributed by atoms with van der Waals surface area (Å²) in [6, 6.07) is 9.27. The first-order chi connectivity index (χ1) is 18.7. The van der Waals surface area contributed by atoms with Crippen molar-refractivity contribution < 1.29 is 42.4 Å². The normalized spacial score (nSPS) is 25.2. The number of alkyl halides is 3. The molecule has 0 saturated carbocycles. The number of benzene rings is 1. The van der Waals surface area contributed by atoms with E-state index in [2.05, 4.69) is 9.97 Å². The van der Waals surface area contributed by atoms with Crippen molar-refractivity contribution in [1.82, 2.24) is 14.9 Å². The number of hydrogen-bond donors (Lipinski definition) is 3. The number of aromatic amines is 1. The van der Waals surface area contributed by atoms with Gasteiger partial charge in [-0.1, -0.05) is 30.3 Å². The van der Waals surface area contributed by atoms with E-state index in [-0.39, 0.29) is 36.2 Å². The van der Waals surface area contributed by atoms with E-state index in [1.165, 1.54) is 0 Å². The van der Waals surface area contributed by atoms with Crippen LogP contribution in [0.3, 0.4) is 0 Å². The predicted molar refractivity (Wildman–Crippen MR) is 133 cm³/mol. The Morgan fingerprint density at radius 2 is 1.87 bits per heavy atom. The van der Waals surface area contributed by atoms with Gasteiger partial charge in [-0.2, -0.15) is 13.2 Å². The van der Waals surface area contributed by atoms with E-state index in [0.29, 0.717) is 30.6 Å². The highest BCUT2D eigenvalue weighted by Gasteiger charge is 2.48. The van der Waals surface area contributed by atoms with Gasteiger partial charge in [-0.15, -0.1) is 0 Å². The molecule has 9 nitrogen and oxygen atoms in total. The summed E-state index contributed by atoms with van der Waals surface area (Å²) in [6.45, 7) is 0.612. The number of H-pyrrole nitrogens is 1. The highest BCUT2D eigenvalue weighted by molar-refractivity contribution is 5.83. The lowest BCUT2D eigenvalue weighted by molar-refractivity contribution is -0.137. The minimum absolute atomic E-state index is 0.139. The van der Waals surface area contributed by atoms with Crippen molar-refractivity contribution in [2.24, 2.45) is 0 Å². The molecule has 206 valence electrons. The molecular formula is C27H26F3N3O6. The lowest BCUT2D eigenvalue weighted by Crippen LogP contribution is -2.36. The number of amides is 1. The Morgan fingerprint density at radius 3 is 2.56 bits per heavy atom. The first-order valence-electron chi connectivity index (χ1n) is 12.6. The molecule has 3 aromatic rings. The third-order valence-electron chi connectivity index (χ3n) is 7.37. The Kier molecular flexibility index (Phi) is 6.58. The number of aliphatic hydroxyl groups excluding tert-OH is 2. The Labute approximate surface area is 220 Å². The highest BCUT2D eigenvalue weighted by atomic mass is 19.4. The van der Waals surface area contributed by atoms with E-state index in [4.69, 9.17) is 19.3 Å². The number of aromatic nitrogens is 2. The molecule has 2 aromatic heterocycles. The molecular weight excluding hydrogens is 519 g/mol. The van der Waals surface area contributed by atoms with Crippen LogP contribution in [0, 0.1) is 0 Å². The average Bonchev–Trinajstić information content (AvgIpc) is 3.63. The van der Waals surface area contributed by atoms with Crippen LogP contribution in [-0.4, -0.2) is 88.3 Å². The second-order valence-corrected chi connectivity index (χ2v) is 9.82. The number of pyridine rings is 1. The van der Waals surface area contributed by atoms with Gasteiger partial charge in [-0.25, -0.2) is 4.98 Å². The number of aliphatic hydroxyl groups is 2. The minimum Gasteiger partial charge on any atom is -0.470 e. The molecule has 0 radical (unpaired) electrons. The third kappa shape index (κ3) is 4.89. The van der Waals surface area contributed by atoms with Gasteiger partial charge in [-0.3, -0.25) is 4.79 Å². The van der Waals surface area contributed by atoms with Crippen molar-refractivity contribution in [3.8, 4) is 17.1 Å². The van der Waals surface area contributed by atoms with Gasteiger partial charge in [0.1, 0.15) is 24.9 Å². The molecule has 2 saturated heterocycles. The number of nitrogens with one attached hydrogen (secondary N) is 1. The standard InChI is InChI=1S/C27H26F3N3O6/c28-27(29,30)17-9-18-19(10-22(31-18)39-21-13-38-25-20(35)12-37-26(21)25)32-24(17)16-3-1-14(2-4-16)15-5-7-33(8-6-15)23(36)11-34/h1-5,9-10,20-21,25-26,31,34-35H,6-8,11-13H2/t20-,21-,25?,26-/m1/s1. The number of carbonyl (C=O) groups excluding carboxylic acids is 1. The Balaban J connectivity index is 1.26. The molecule has 2 fully saturated rings. The van der Waals surface area contributed by atoms with Crippen LogP contribution in [-0.2, 0) is 20.4 Å². The third-order valence-corrected chi connectivity index (χ3v) is 7.37. The van der Waals surface area contributed by atoms with Gasteiger partial charge in [0.2, 0.25) is 5.91 Å². The first-order valence-corrected chi connectivity index (χ1v) is 12.6. The van der Waals surface area contributed by atoms with E-state index in [1.54, 1.807) is 35.2 Å². The van der Waals surface area contributed by atoms with E-state index < -0.39 is 42.8 Å². The fourth-order valence-corrected chi connectivity index (χ4v) is 5.34. The molecule has 1 aromatic carbocycles. The van der Waals surface area contributed by atoms with Crippen LogP contribution in [0.4, 0.5) is 13.2 Å². The monoisotopic (exact) mass is 545 g/mol. The first kappa shape index (κ1) is 25.8. The molecule has 6 rings (SSSR count). The zero-order valence-electron chi connectivity index (χ0n) is 20.6. The molecule has 0 spiro atoms. The van der Waals surface area contributed by atoms with Gasteiger partial charge >= 0.3 is 6.18 Å². The van der Waals surface area contributed by atoms with Crippen LogP contribution in [0.1, 0.15) is 17.5 Å². The van der Waals surface area contributed by atoms with Crippen LogP contribution in [0.5, 0.6) is 5.88 Å². The lowest BCUT2D eigenvalue weighted by atomic mass is 9.96. The molecule has 39 heavy (non-hydrogen) atoms. The molecule has 5 heterocycles. The van der Waals surface area contributed by atoms with Gasteiger partial charge in [-0.05, 0) is 23.6 Å². The smallest absolute Gasteiger partial charge is 0.418 e. The van der Waals surface area contributed by atoms with Gasteiger partial charge in [0, 0.05) is 24.7 Å². The van der Waals surface area contributed by atoms with Crippen LogP contribution < -0.4 is 4.74 Å². The zero-order chi connectivity index (χ0) is 27.3. The second kappa shape index (κ2) is 9.94. The van der Waals surface area contributed by atoms with Gasteiger partial charge in [0.15, 0.2) is 12.0 Å². The van der Waals surface area contributed by atoms with Crippen molar-refractivity contribution in [2.45, 2.75) is 37.0 Å². The molecule has 12 heteroatoms. The predicted octanol–water partition coefficient (Wildman–Crippen LogP) is 2.76. The van der Waals surface area contributed by atoms with Crippen LogP contribution >= 0.6 is 0 Å². The Hall–Kier alpha value is -3.45. The van der Waals surface area contributed by atoms with E-state index in [0.717, 1.165) is 17.2 Å². The van der Waals surface area contributed by atoms with E-state index >= 15 is 0 Å². The maximum absolute atomic E-state index is 14.1. The lowest BCUT2D eigenvalue weighted by Gasteiger charge is -2.26. The molecule has 1 amide bonds. The van der Waals surface area contributed by atoms with Crippen molar-refractivity contribution >= 4 is 22.5 Å². The summed E-state index contributed by atoms with van der Waals surface area (Å²) in [5, 5.41) is 19.0. The minimum atomic E-state index is -4.64. The quantitative estimate of drug-likeness (QED) is 0.452. The highest BCUT2D eigenvalue weighted by Crippen LogP contribution is 2.39. The Bertz CT molecular complexity index is 1420. The number of carbonyl (C=O) groups is 1. The molecule has 3 aliphatic rings. The van der Waals surface area contributed by atoms with Crippen molar-refractivity contribution in [3.05, 3.63) is 53.6 Å². The summed E-state index contributed by atoms with van der Waals surface area (Å²) in [7, 11) is 0. The number of nitrogens with zero attached hydrogens (tertiary/aromatic N) is 2. The fourth-order valence-electron chi connectivity index (χ4n) is 5.34. The largest absolute Gasteiger partial charge is 0.470 e. The van der Waals surface area contributed by atoms with Crippen molar-refractivity contribution in [1.29, 1.82) is 0 Å². The number of hydrogen-bond acceptors (Lipinski definition) is 7. The summed E-state index contributed by atoms with van der Waals surface area (Å²) in [6.07, 6.45) is -4.39.